The van der Waals surface area contributed by atoms with E-state index in [1.54, 1.807) is 0 Å². The van der Waals surface area contributed by atoms with Crippen LogP contribution in [0.3, 0.4) is 0 Å². The highest BCUT2D eigenvalue weighted by atomic mass is 14.2. The molecule has 10 aromatic carbocycles. The normalized spacial score (nSPS) is 11.6. The molecule has 0 saturated heterocycles. The van der Waals surface area contributed by atoms with Gasteiger partial charge in [0.05, 0.1) is 0 Å². The highest BCUT2D eigenvalue weighted by Gasteiger charge is 2.19. The van der Waals surface area contributed by atoms with Crippen molar-refractivity contribution in [3.8, 4) is 44.5 Å². The van der Waals surface area contributed by atoms with Gasteiger partial charge in [-0.2, -0.15) is 0 Å². The molecule has 0 aromatic heterocycles. The van der Waals surface area contributed by atoms with Crippen LogP contribution in [0, 0.1) is 0 Å². The van der Waals surface area contributed by atoms with Gasteiger partial charge in [-0.15, -0.1) is 0 Å². The molecule has 232 valence electrons. The van der Waals surface area contributed by atoms with Crippen LogP contribution < -0.4 is 0 Å². The Morgan fingerprint density at radius 3 is 1.12 bits per heavy atom. The smallest absolute Gasteiger partial charge is 0.00201 e. The van der Waals surface area contributed by atoms with Crippen molar-refractivity contribution in [3.05, 3.63) is 194 Å². The Labute approximate surface area is 291 Å². The van der Waals surface area contributed by atoms with E-state index >= 15 is 0 Å². The lowest BCUT2D eigenvalue weighted by Crippen LogP contribution is -1.93. The van der Waals surface area contributed by atoms with E-state index in [0.717, 1.165) is 0 Å². The molecule has 0 N–H and O–H groups in total. The zero-order valence-electron chi connectivity index (χ0n) is 27.5. The van der Waals surface area contributed by atoms with Crippen LogP contribution in [0.15, 0.2) is 194 Å². The second-order valence-electron chi connectivity index (χ2n) is 13.2. The van der Waals surface area contributed by atoms with Gasteiger partial charge in [0.15, 0.2) is 0 Å². The number of fused-ring (bicyclic) bond motifs is 5. The van der Waals surface area contributed by atoms with Gasteiger partial charge in [0.25, 0.3) is 0 Å². The predicted molar refractivity (Wildman–Crippen MR) is 216 cm³/mol. The largest absolute Gasteiger partial charge is 0.0616 e. The highest BCUT2D eigenvalue weighted by Crippen LogP contribution is 2.47. The maximum Gasteiger partial charge on any atom is -0.00201 e. The number of benzene rings is 10. The molecule has 0 aliphatic carbocycles. The van der Waals surface area contributed by atoms with Crippen LogP contribution in [-0.4, -0.2) is 0 Å². The average Bonchev–Trinajstić information content (AvgIpc) is 3.19. The van der Waals surface area contributed by atoms with Gasteiger partial charge in [-0.25, -0.2) is 0 Å². The van der Waals surface area contributed by atoms with Gasteiger partial charge in [-0.1, -0.05) is 194 Å². The minimum atomic E-state index is 1.23. The third kappa shape index (κ3) is 4.46. The number of hydrogen-bond donors (Lipinski definition) is 0. The number of hydrogen-bond acceptors (Lipinski definition) is 0. The fourth-order valence-corrected chi connectivity index (χ4v) is 8.24. The summed E-state index contributed by atoms with van der Waals surface area (Å²) in [7, 11) is 0. The summed E-state index contributed by atoms with van der Waals surface area (Å²) in [5.74, 6) is 0. The van der Waals surface area contributed by atoms with Gasteiger partial charge >= 0.3 is 0 Å². The molecule has 0 saturated carbocycles. The standard InChI is InChI=1S/C50H32/c1-3-17-37-33(13-1)15-11-25-38(37)35-27-29-36(30-28-35)49-44-21-7-9-23-46(44)50(47-24-10-8-22-45(47)49)48-32-31-43(41-19-5-6-20-42(41)48)40-26-12-16-34-14-2-4-18-39(34)40/h1-32H. The Morgan fingerprint density at radius 2 is 0.540 bits per heavy atom. The molecule has 10 aromatic rings. The number of rotatable bonds is 4. The van der Waals surface area contributed by atoms with Crippen molar-refractivity contribution in [2.75, 3.05) is 0 Å². The molecular formula is C50H32. The molecular weight excluding hydrogens is 601 g/mol. The van der Waals surface area contributed by atoms with Gasteiger partial charge < -0.3 is 0 Å². The summed E-state index contributed by atoms with van der Waals surface area (Å²) in [6.45, 7) is 0. The summed E-state index contributed by atoms with van der Waals surface area (Å²) in [4.78, 5) is 0. The molecule has 0 bridgehead atoms. The lowest BCUT2D eigenvalue weighted by atomic mass is 9.83. The van der Waals surface area contributed by atoms with Crippen LogP contribution in [0.2, 0.25) is 0 Å². The first-order valence-corrected chi connectivity index (χ1v) is 17.4. The van der Waals surface area contributed by atoms with Crippen LogP contribution in [0.5, 0.6) is 0 Å². The summed E-state index contributed by atoms with van der Waals surface area (Å²) in [5.41, 5.74) is 10.1. The van der Waals surface area contributed by atoms with Crippen molar-refractivity contribution in [3.63, 3.8) is 0 Å². The summed E-state index contributed by atoms with van der Waals surface area (Å²) in [6.07, 6.45) is 0. The molecule has 0 spiro atoms. The Bertz CT molecular complexity index is 2840. The van der Waals surface area contributed by atoms with Crippen molar-refractivity contribution in [1.82, 2.24) is 0 Å². The van der Waals surface area contributed by atoms with Gasteiger partial charge in [0.2, 0.25) is 0 Å². The summed E-state index contributed by atoms with van der Waals surface area (Å²) in [5, 5.41) is 12.7. The van der Waals surface area contributed by atoms with E-state index in [0.29, 0.717) is 0 Å². The predicted octanol–water partition coefficient (Wildman–Crippen LogP) is 14.1. The van der Waals surface area contributed by atoms with E-state index in [1.165, 1.54) is 98.4 Å². The van der Waals surface area contributed by atoms with Crippen molar-refractivity contribution in [2.45, 2.75) is 0 Å². The topological polar surface area (TPSA) is 0 Å². The van der Waals surface area contributed by atoms with E-state index < -0.39 is 0 Å². The molecule has 0 heteroatoms. The third-order valence-corrected chi connectivity index (χ3v) is 10.5. The maximum absolute atomic E-state index is 2.35. The van der Waals surface area contributed by atoms with Crippen LogP contribution in [0.1, 0.15) is 0 Å². The minimum absolute atomic E-state index is 1.23. The van der Waals surface area contributed by atoms with E-state index in [9.17, 15) is 0 Å². The van der Waals surface area contributed by atoms with E-state index in [4.69, 9.17) is 0 Å². The van der Waals surface area contributed by atoms with E-state index in [-0.39, 0.29) is 0 Å². The minimum Gasteiger partial charge on any atom is -0.0616 e. The lowest BCUT2D eigenvalue weighted by Gasteiger charge is -2.20. The molecule has 10 rings (SSSR count). The lowest BCUT2D eigenvalue weighted by molar-refractivity contribution is 1.63. The maximum atomic E-state index is 2.35. The van der Waals surface area contributed by atoms with Crippen LogP contribution in [-0.2, 0) is 0 Å². The fraction of sp³-hybridized carbons (Fsp3) is 0. The van der Waals surface area contributed by atoms with Gasteiger partial charge in [0, 0.05) is 0 Å². The fourth-order valence-electron chi connectivity index (χ4n) is 8.24. The monoisotopic (exact) mass is 632 g/mol. The first-order valence-electron chi connectivity index (χ1n) is 17.4. The van der Waals surface area contributed by atoms with Gasteiger partial charge in [-0.05, 0) is 98.4 Å². The molecule has 0 unspecified atom stereocenters. The van der Waals surface area contributed by atoms with Crippen LogP contribution >= 0.6 is 0 Å². The summed E-state index contributed by atoms with van der Waals surface area (Å²) in [6, 6.07) is 71.3. The molecule has 0 nitrogen and oxygen atoms in total. The molecule has 0 aliphatic heterocycles. The first kappa shape index (κ1) is 28.5. The summed E-state index contributed by atoms with van der Waals surface area (Å²) < 4.78 is 0. The van der Waals surface area contributed by atoms with E-state index in [2.05, 4.69) is 194 Å². The molecule has 0 atom stereocenters. The molecule has 0 fully saturated rings. The molecule has 50 heavy (non-hydrogen) atoms. The second-order valence-corrected chi connectivity index (χ2v) is 13.2. The van der Waals surface area contributed by atoms with Crippen molar-refractivity contribution < 1.29 is 0 Å². The zero-order valence-corrected chi connectivity index (χ0v) is 27.5. The van der Waals surface area contributed by atoms with Crippen LogP contribution in [0.4, 0.5) is 0 Å². The Hall–Kier alpha value is -6.50. The third-order valence-electron chi connectivity index (χ3n) is 10.5. The van der Waals surface area contributed by atoms with Crippen LogP contribution in [0.25, 0.3) is 98.4 Å². The molecule has 0 amide bonds. The molecule has 0 heterocycles. The molecule has 0 aliphatic rings. The highest BCUT2D eigenvalue weighted by molar-refractivity contribution is 6.24. The zero-order chi connectivity index (χ0) is 33.0. The SMILES string of the molecule is c1ccc2c(-c3ccc(-c4c5ccccc5c(-c5ccc(-c6cccc7ccccc67)c6ccccc56)c5ccccc45)cc3)cccc2c1. The van der Waals surface area contributed by atoms with Gasteiger partial charge in [-0.3, -0.25) is 0 Å². The Morgan fingerprint density at radius 1 is 0.180 bits per heavy atom. The quantitative estimate of drug-likeness (QED) is 0.169. The Balaban J connectivity index is 1.20. The second kappa shape index (κ2) is 11.6. The summed E-state index contributed by atoms with van der Waals surface area (Å²) >= 11 is 0. The first-order chi connectivity index (χ1) is 24.8. The average molecular weight is 633 g/mol. The van der Waals surface area contributed by atoms with Crippen molar-refractivity contribution in [2.24, 2.45) is 0 Å². The van der Waals surface area contributed by atoms with Crippen molar-refractivity contribution >= 4 is 53.9 Å². The Kier molecular flexibility index (Phi) is 6.60. The van der Waals surface area contributed by atoms with Gasteiger partial charge in [0.1, 0.15) is 0 Å². The van der Waals surface area contributed by atoms with E-state index in [1.807, 2.05) is 0 Å². The van der Waals surface area contributed by atoms with Crippen molar-refractivity contribution in [1.29, 1.82) is 0 Å². The molecule has 0 radical (unpaired) electrons.